The van der Waals surface area contributed by atoms with E-state index in [0.717, 1.165) is 0 Å². The van der Waals surface area contributed by atoms with Crippen LogP contribution in [0.25, 0.3) is 0 Å². The third kappa shape index (κ3) is 5.41. The highest BCUT2D eigenvalue weighted by atomic mass is 35.5. The van der Waals surface area contributed by atoms with E-state index in [1.165, 1.54) is 67.6 Å². The minimum absolute atomic E-state index is 0.0498. The lowest BCUT2D eigenvalue weighted by atomic mass is 10.1. The zero-order chi connectivity index (χ0) is 23.3. The number of nitrogens with one attached hydrogen (secondary N) is 1. The van der Waals surface area contributed by atoms with Crippen LogP contribution in [-0.2, 0) is 16.2 Å². The molecule has 3 aromatic rings. The number of hydrogen-bond acceptors (Lipinski definition) is 7. The second-order valence-corrected chi connectivity index (χ2v) is 6.73. The summed E-state index contributed by atoms with van der Waals surface area (Å²) in [6.45, 7) is -0.0560. The first-order chi connectivity index (χ1) is 15.3. The summed E-state index contributed by atoms with van der Waals surface area (Å²) in [6.07, 6.45) is 1.50. The Morgan fingerprint density at radius 2 is 1.69 bits per heavy atom. The van der Waals surface area contributed by atoms with Gasteiger partial charge in [-0.25, -0.2) is 18.7 Å². The molecule has 0 unspecified atom stereocenters. The van der Waals surface area contributed by atoms with Crippen LogP contribution >= 0.6 is 11.6 Å². The quantitative estimate of drug-likeness (QED) is 0.536. The number of halogens is 2. The Bertz CT molecular complexity index is 1150. The molecule has 0 radical (unpaired) electrons. The van der Waals surface area contributed by atoms with Crippen molar-refractivity contribution in [1.29, 1.82) is 0 Å². The molecule has 0 aliphatic carbocycles. The smallest absolute Gasteiger partial charge is 0.337 e. The van der Waals surface area contributed by atoms with Crippen LogP contribution in [0.4, 0.5) is 10.1 Å². The van der Waals surface area contributed by atoms with Gasteiger partial charge in [0.2, 0.25) is 0 Å². The highest BCUT2D eigenvalue weighted by molar-refractivity contribution is 6.30. The first-order valence-corrected chi connectivity index (χ1v) is 9.43. The Balaban J connectivity index is 1.72. The number of hydrogen-bond donors (Lipinski definition) is 1. The number of ether oxygens (including phenoxy) is 3. The summed E-state index contributed by atoms with van der Waals surface area (Å²) in [5.74, 6) is -2.20. The van der Waals surface area contributed by atoms with E-state index in [9.17, 15) is 18.8 Å². The molecule has 0 bridgehead atoms. The summed E-state index contributed by atoms with van der Waals surface area (Å²) in [6, 6.07) is 9.35. The second kappa shape index (κ2) is 9.92. The molecule has 32 heavy (non-hydrogen) atoms. The number of carbonyl (C=O) groups is 3. The summed E-state index contributed by atoms with van der Waals surface area (Å²) in [5.41, 5.74) is 0.337. The number of carbonyl (C=O) groups excluding carboxylic acids is 3. The summed E-state index contributed by atoms with van der Waals surface area (Å²) in [5, 5.41) is 6.59. The Morgan fingerprint density at radius 3 is 2.28 bits per heavy atom. The molecule has 0 saturated carbocycles. The van der Waals surface area contributed by atoms with Crippen molar-refractivity contribution in [3.05, 3.63) is 76.3 Å². The maximum atomic E-state index is 13.2. The summed E-state index contributed by atoms with van der Waals surface area (Å²) in [7, 11) is 2.39. The number of benzene rings is 2. The number of esters is 2. The van der Waals surface area contributed by atoms with Crippen LogP contribution in [0.1, 0.15) is 31.2 Å². The predicted octanol–water partition coefficient (Wildman–Crippen LogP) is 3.54. The number of nitrogens with zero attached hydrogens (tertiary/aromatic N) is 2. The van der Waals surface area contributed by atoms with Crippen LogP contribution in [-0.4, -0.2) is 41.8 Å². The van der Waals surface area contributed by atoms with Gasteiger partial charge in [0, 0.05) is 18.0 Å². The molecule has 0 saturated heterocycles. The van der Waals surface area contributed by atoms with E-state index < -0.39 is 23.7 Å². The molecule has 11 heteroatoms. The molecule has 1 N–H and O–H groups in total. The normalized spacial score (nSPS) is 10.4. The molecule has 0 fully saturated rings. The van der Waals surface area contributed by atoms with Crippen molar-refractivity contribution in [3.63, 3.8) is 0 Å². The fourth-order valence-electron chi connectivity index (χ4n) is 2.63. The van der Waals surface area contributed by atoms with Crippen LogP contribution < -0.4 is 10.1 Å². The van der Waals surface area contributed by atoms with Crippen molar-refractivity contribution >= 4 is 35.1 Å². The van der Waals surface area contributed by atoms with Gasteiger partial charge in [0.25, 0.3) is 5.91 Å². The van der Waals surface area contributed by atoms with Gasteiger partial charge in [-0.2, -0.15) is 5.10 Å². The zero-order valence-electron chi connectivity index (χ0n) is 16.9. The fraction of sp³-hybridized carbons (Fsp3) is 0.143. The van der Waals surface area contributed by atoms with Crippen LogP contribution in [0.15, 0.2) is 48.7 Å². The van der Waals surface area contributed by atoms with Gasteiger partial charge in [0.15, 0.2) is 12.4 Å². The van der Waals surface area contributed by atoms with E-state index in [2.05, 4.69) is 19.9 Å². The van der Waals surface area contributed by atoms with Crippen LogP contribution in [0, 0.1) is 5.82 Å². The van der Waals surface area contributed by atoms with Crippen molar-refractivity contribution in [2.24, 2.45) is 0 Å². The van der Waals surface area contributed by atoms with Gasteiger partial charge in [0.1, 0.15) is 11.6 Å². The molecule has 1 heterocycles. The maximum Gasteiger partial charge on any atom is 0.337 e. The first kappa shape index (κ1) is 22.8. The first-order valence-electron chi connectivity index (χ1n) is 9.05. The number of aromatic nitrogens is 2. The zero-order valence-corrected chi connectivity index (χ0v) is 17.7. The number of rotatable bonds is 7. The molecular formula is C21H17ClFN3O6. The lowest BCUT2D eigenvalue weighted by molar-refractivity contribution is 0.0599. The molecule has 166 valence electrons. The number of anilines is 1. The average molecular weight is 462 g/mol. The van der Waals surface area contributed by atoms with Crippen molar-refractivity contribution in [3.8, 4) is 5.75 Å². The van der Waals surface area contributed by atoms with Crippen molar-refractivity contribution < 1.29 is 33.0 Å². The van der Waals surface area contributed by atoms with E-state index in [4.69, 9.17) is 16.3 Å². The van der Waals surface area contributed by atoms with Gasteiger partial charge in [-0.05, 0) is 36.4 Å². The van der Waals surface area contributed by atoms with Gasteiger partial charge in [0.05, 0.1) is 30.4 Å². The van der Waals surface area contributed by atoms with Crippen LogP contribution in [0.2, 0.25) is 5.02 Å². The maximum absolute atomic E-state index is 13.2. The molecule has 0 aliphatic rings. The SMILES string of the molecule is COC(=O)c1cc(NC(=O)c2ccn(COc3ccc(F)c(Cl)c3)n2)cc(C(=O)OC)c1. The van der Waals surface area contributed by atoms with Gasteiger partial charge in [-0.3, -0.25) is 4.79 Å². The van der Waals surface area contributed by atoms with Crippen molar-refractivity contribution in [2.75, 3.05) is 19.5 Å². The van der Waals surface area contributed by atoms with Crippen LogP contribution in [0.5, 0.6) is 5.75 Å². The van der Waals surface area contributed by atoms with Gasteiger partial charge >= 0.3 is 11.9 Å². The average Bonchev–Trinajstić information content (AvgIpc) is 3.27. The van der Waals surface area contributed by atoms with Crippen molar-refractivity contribution in [2.45, 2.75) is 6.73 Å². The molecule has 1 amide bonds. The molecular weight excluding hydrogens is 445 g/mol. The van der Waals surface area contributed by atoms with Gasteiger partial charge < -0.3 is 19.5 Å². The molecule has 0 aliphatic heterocycles. The second-order valence-electron chi connectivity index (χ2n) is 6.33. The summed E-state index contributed by atoms with van der Waals surface area (Å²) < 4.78 is 29.4. The molecule has 3 rings (SSSR count). The highest BCUT2D eigenvalue weighted by Gasteiger charge is 2.16. The largest absolute Gasteiger partial charge is 0.471 e. The third-order valence-electron chi connectivity index (χ3n) is 4.16. The minimum Gasteiger partial charge on any atom is -0.471 e. The van der Waals surface area contributed by atoms with E-state index in [1.807, 2.05) is 0 Å². The van der Waals surface area contributed by atoms with E-state index in [1.54, 1.807) is 0 Å². The lowest BCUT2D eigenvalue weighted by Gasteiger charge is -2.09. The van der Waals surface area contributed by atoms with Gasteiger partial charge in [-0.15, -0.1) is 0 Å². The summed E-state index contributed by atoms with van der Waals surface area (Å²) >= 11 is 5.71. The Hall–Kier alpha value is -3.92. The Labute approximate surface area is 186 Å². The van der Waals surface area contributed by atoms with Crippen LogP contribution in [0.3, 0.4) is 0 Å². The highest BCUT2D eigenvalue weighted by Crippen LogP contribution is 2.21. The van der Waals surface area contributed by atoms with Crippen molar-refractivity contribution in [1.82, 2.24) is 9.78 Å². The number of amides is 1. The Morgan fingerprint density at radius 1 is 1.03 bits per heavy atom. The topological polar surface area (TPSA) is 109 Å². The van der Waals surface area contributed by atoms with E-state index in [-0.39, 0.29) is 34.3 Å². The summed E-state index contributed by atoms with van der Waals surface area (Å²) in [4.78, 5) is 36.3. The van der Waals surface area contributed by atoms with E-state index in [0.29, 0.717) is 5.75 Å². The Kier molecular flexibility index (Phi) is 7.06. The fourth-order valence-corrected chi connectivity index (χ4v) is 2.80. The molecule has 0 spiro atoms. The van der Waals surface area contributed by atoms with E-state index >= 15 is 0 Å². The van der Waals surface area contributed by atoms with Gasteiger partial charge in [-0.1, -0.05) is 11.6 Å². The third-order valence-corrected chi connectivity index (χ3v) is 4.45. The monoisotopic (exact) mass is 461 g/mol. The minimum atomic E-state index is -0.687. The lowest BCUT2D eigenvalue weighted by Crippen LogP contribution is -2.16. The molecule has 2 aromatic carbocycles. The molecule has 0 atom stereocenters. The number of methoxy groups -OCH3 is 2. The molecule has 1 aromatic heterocycles. The standard InChI is InChI=1S/C21H17ClFN3O6/c1-30-20(28)12-7-13(21(29)31-2)9-14(8-12)24-19(27)18-5-6-26(25-18)11-32-15-3-4-17(23)16(22)10-15/h3-10H,11H2,1-2H3,(H,24,27). The molecule has 9 nitrogen and oxygen atoms in total. The predicted molar refractivity (Wildman–Crippen MR) is 111 cm³/mol.